The van der Waals surface area contributed by atoms with Crippen molar-refractivity contribution in [2.24, 2.45) is 0 Å². The summed E-state index contributed by atoms with van der Waals surface area (Å²) in [6, 6.07) is 7.14. The van der Waals surface area contributed by atoms with Crippen LogP contribution in [0.15, 0.2) is 24.3 Å². The summed E-state index contributed by atoms with van der Waals surface area (Å²) in [5.41, 5.74) is 1.56. The molecule has 0 bridgehead atoms. The second-order valence-electron chi connectivity index (χ2n) is 3.26. The molecule has 0 spiro atoms. The van der Waals surface area contributed by atoms with E-state index in [2.05, 4.69) is 0 Å². The maximum Gasteiger partial charge on any atom is 0.338 e. The van der Waals surface area contributed by atoms with Gasteiger partial charge in [-0.2, -0.15) is 0 Å². The predicted molar refractivity (Wildman–Crippen MR) is 59.3 cm³/mol. The van der Waals surface area contributed by atoms with Crippen molar-refractivity contribution in [1.29, 1.82) is 0 Å². The fraction of sp³-hybridized carbons (Fsp3) is 0.417. The van der Waals surface area contributed by atoms with Gasteiger partial charge in [-0.05, 0) is 17.7 Å². The largest absolute Gasteiger partial charge is 0.460 e. The van der Waals surface area contributed by atoms with Gasteiger partial charge in [-0.1, -0.05) is 12.1 Å². The zero-order valence-corrected chi connectivity index (χ0v) is 9.56. The molecule has 4 nitrogen and oxygen atoms in total. The summed E-state index contributed by atoms with van der Waals surface area (Å²) in [5.74, 6) is -0.332. The first-order valence-corrected chi connectivity index (χ1v) is 5.02. The predicted octanol–water partition coefficient (Wildman–Crippen LogP) is 1.64. The quantitative estimate of drug-likeness (QED) is 0.544. The number of ether oxygens (including phenoxy) is 3. The SMILES string of the molecule is COCCOC(=O)c1ccc(COC)cc1. The minimum absolute atomic E-state index is 0.273. The molecule has 1 aromatic rings. The molecule has 0 heterocycles. The highest BCUT2D eigenvalue weighted by atomic mass is 16.6. The normalized spacial score (nSPS) is 10.1. The van der Waals surface area contributed by atoms with Crippen LogP contribution in [0.25, 0.3) is 0 Å². The molecule has 0 atom stereocenters. The van der Waals surface area contributed by atoms with Crippen molar-refractivity contribution < 1.29 is 19.0 Å². The van der Waals surface area contributed by atoms with Crippen molar-refractivity contribution in [2.75, 3.05) is 27.4 Å². The van der Waals surface area contributed by atoms with Crippen LogP contribution >= 0.6 is 0 Å². The fourth-order valence-corrected chi connectivity index (χ4v) is 1.20. The number of carbonyl (C=O) groups is 1. The maximum absolute atomic E-state index is 11.5. The van der Waals surface area contributed by atoms with Gasteiger partial charge in [-0.15, -0.1) is 0 Å². The molecular weight excluding hydrogens is 208 g/mol. The Balaban J connectivity index is 2.49. The number of methoxy groups -OCH3 is 2. The molecule has 0 aliphatic rings. The van der Waals surface area contributed by atoms with Crippen LogP contribution in [0.5, 0.6) is 0 Å². The lowest BCUT2D eigenvalue weighted by Crippen LogP contribution is -2.09. The lowest BCUT2D eigenvalue weighted by Gasteiger charge is -2.05. The molecule has 0 amide bonds. The molecule has 4 heteroatoms. The minimum atomic E-state index is -0.332. The number of rotatable bonds is 6. The summed E-state index contributed by atoms with van der Waals surface area (Å²) in [7, 11) is 3.19. The van der Waals surface area contributed by atoms with E-state index in [9.17, 15) is 4.79 Å². The standard InChI is InChI=1S/C12H16O4/c1-14-7-8-16-12(13)11-5-3-10(4-6-11)9-15-2/h3-6H,7-9H2,1-2H3. The monoisotopic (exact) mass is 224 g/mol. The molecular formula is C12H16O4. The van der Waals surface area contributed by atoms with E-state index in [1.807, 2.05) is 12.1 Å². The number of hydrogen-bond acceptors (Lipinski definition) is 4. The zero-order valence-electron chi connectivity index (χ0n) is 9.56. The second kappa shape index (κ2) is 6.98. The Labute approximate surface area is 95.1 Å². The third-order valence-corrected chi connectivity index (χ3v) is 2.02. The maximum atomic E-state index is 11.5. The first kappa shape index (κ1) is 12.7. The topological polar surface area (TPSA) is 44.8 Å². The Morgan fingerprint density at radius 2 is 1.75 bits per heavy atom. The van der Waals surface area contributed by atoms with E-state index in [-0.39, 0.29) is 12.6 Å². The first-order valence-electron chi connectivity index (χ1n) is 5.02. The van der Waals surface area contributed by atoms with Gasteiger partial charge in [0, 0.05) is 14.2 Å². The van der Waals surface area contributed by atoms with Crippen LogP contribution in [-0.4, -0.2) is 33.4 Å². The lowest BCUT2D eigenvalue weighted by atomic mass is 10.1. The molecule has 0 saturated heterocycles. The molecule has 0 N–H and O–H groups in total. The Morgan fingerprint density at radius 1 is 1.06 bits per heavy atom. The molecule has 0 aliphatic carbocycles. The number of carbonyl (C=O) groups excluding carboxylic acids is 1. The van der Waals surface area contributed by atoms with Crippen molar-refractivity contribution in [1.82, 2.24) is 0 Å². The highest BCUT2D eigenvalue weighted by Gasteiger charge is 2.06. The Morgan fingerprint density at radius 3 is 2.31 bits per heavy atom. The molecule has 0 saturated carbocycles. The lowest BCUT2D eigenvalue weighted by molar-refractivity contribution is 0.0388. The average Bonchev–Trinajstić information content (AvgIpc) is 2.30. The Hall–Kier alpha value is -1.39. The van der Waals surface area contributed by atoms with E-state index in [0.717, 1.165) is 5.56 Å². The average molecular weight is 224 g/mol. The summed E-state index contributed by atoms with van der Waals surface area (Å²) in [6.07, 6.45) is 0. The first-order chi connectivity index (χ1) is 7.77. The van der Waals surface area contributed by atoms with E-state index in [4.69, 9.17) is 14.2 Å². The van der Waals surface area contributed by atoms with Gasteiger partial charge >= 0.3 is 5.97 Å². The van der Waals surface area contributed by atoms with E-state index in [1.165, 1.54) is 0 Å². The third-order valence-electron chi connectivity index (χ3n) is 2.02. The van der Waals surface area contributed by atoms with Crippen LogP contribution in [0.3, 0.4) is 0 Å². The van der Waals surface area contributed by atoms with Gasteiger partial charge in [0.25, 0.3) is 0 Å². The molecule has 0 unspecified atom stereocenters. The van der Waals surface area contributed by atoms with E-state index < -0.39 is 0 Å². The van der Waals surface area contributed by atoms with Gasteiger partial charge < -0.3 is 14.2 Å². The molecule has 0 aliphatic heterocycles. The minimum Gasteiger partial charge on any atom is -0.460 e. The van der Waals surface area contributed by atoms with Gasteiger partial charge in [-0.25, -0.2) is 4.79 Å². The summed E-state index contributed by atoms with van der Waals surface area (Å²) >= 11 is 0. The highest BCUT2D eigenvalue weighted by molar-refractivity contribution is 5.89. The summed E-state index contributed by atoms with van der Waals surface area (Å²) < 4.78 is 14.7. The molecule has 0 fully saturated rings. The molecule has 16 heavy (non-hydrogen) atoms. The van der Waals surface area contributed by atoms with Gasteiger partial charge in [0.1, 0.15) is 6.61 Å². The Bertz CT molecular complexity index is 318. The van der Waals surface area contributed by atoms with Crippen LogP contribution in [0.4, 0.5) is 0 Å². The van der Waals surface area contributed by atoms with Crippen LogP contribution in [0.1, 0.15) is 15.9 Å². The molecule has 0 radical (unpaired) electrons. The van der Waals surface area contributed by atoms with Crippen molar-refractivity contribution in [3.05, 3.63) is 35.4 Å². The molecule has 1 rings (SSSR count). The van der Waals surface area contributed by atoms with E-state index in [1.54, 1.807) is 26.4 Å². The highest BCUT2D eigenvalue weighted by Crippen LogP contribution is 2.06. The van der Waals surface area contributed by atoms with Crippen molar-refractivity contribution in [3.8, 4) is 0 Å². The number of esters is 1. The van der Waals surface area contributed by atoms with Crippen LogP contribution in [0, 0.1) is 0 Å². The van der Waals surface area contributed by atoms with E-state index in [0.29, 0.717) is 18.8 Å². The van der Waals surface area contributed by atoms with Crippen molar-refractivity contribution >= 4 is 5.97 Å². The summed E-state index contributed by atoms with van der Waals surface area (Å²) in [6.45, 7) is 1.22. The van der Waals surface area contributed by atoms with Gasteiger partial charge in [0.2, 0.25) is 0 Å². The van der Waals surface area contributed by atoms with Crippen LogP contribution in [-0.2, 0) is 20.8 Å². The van der Waals surface area contributed by atoms with Crippen LogP contribution < -0.4 is 0 Å². The van der Waals surface area contributed by atoms with Crippen molar-refractivity contribution in [3.63, 3.8) is 0 Å². The van der Waals surface area contributed by atoms with E-state index >= 15 is 0 Å². The van der Waals surface area contributed by atoms with Crippen molar-refractivity contribution in [2.45, 2.75) is 6.61 Å². The molecule has 1 aromatic carbocycles. The van der Waals surface area contributed by atoms with Gasteiger partial charge in [0.15, 0.2) is 0 Å². The van der Waals surface area contributed by atoms with Gasteiger partial charge in [0.05, 0.1) is 18.8 Å². The molecule has 88 valence electrons. The Kier molecular flexibility index (Phi) is 5.53. The molecule has 0 aromatic heterocycles. The van der Waals surface area contributed by atoms with Crippen LogP contribution in [0.2, 0.25) is 0 Å². The second-order valence-corrected chi connectivity index (χ2v) is 3.26. The zero-order chi connectivity index (χ0) is 11.8. The smallest absolute Gasteiger partial charge is 0.338 e. The number of benzene rings is 1. The summed E-state index contributed by atoms with van der Waals surface area (Å²) in [4.78, 5) is 11.5. The van der Waals surface area contributed by atoms with Gasteiger partial charge in [-0.3, -0.25) is 0 Å². The summed E-state index contributed by atoms with van der Waals surface area (Å²) in [5, 5.41) is 0. The third kappa shape index (κ3) is 4.00. The fourth-order valence-electron chi connectivity index (χ4n) is 1.20. The number of hydrogen-bond donors (Lipinski definition) is 0.